The van der Waals surface area contributed by atoms with Gasteiger partial charge in [0.05, 0.1) is 5.75 Å². The molecule has 0 aromatic carbocycles. The maximum Gasteiger partial charge on any atom is 0.205 e. The van der Waals surface area contributed by atoms with Gasteiger partial charge < -0.3 is 0 Å². The molecule has 0 spiro atoms. The van der Waals surface area contributed by atoms with E-state index >= 15 is 0 Å². The van der Waals surface area contributed by atoms with Gasteiger partial charge in [0.25, 0.3) is 0 Å². The lowest BCUT2D eigenvalue weighted by Gasteiger charge is -1.94. The summed E-state index contributed by atoms with van der Waals surface area (Å²) < 4.78 is 21.8. The van der Waals surface area contributed by atoms with Gasteiger partial charge in [0, 0.05) is 0 Å². The zero-order valence-electron chi connectivity index (χ0n) is 6.20. The van der Waals surface area contributed by atoms with Crippen molar-refractivity contribution in [1.82, 2.24) is 0 Å². The van der Waals surface area contributed by atoms with Gasteiger partial charge in [-0.3, -0.25) is 0 Å². The Kier molecular flexibility index (Phi) is 4.81. The summed E-state index contributed by atoms with van der Waals surface area (Å²) >= 11 is 0. The van der Waals surface area contributed by atoms with Gasteiger partial charge in [-0.05, 0) is 29.5 Å². The molecule has 0 fully saturated rings. The summed E-state index contributed by atoms with van der Waals surface area (Å²) in [6, 6.07) is 0. The molecule has 60 valence electrons. The van der Waals surface area contributed by atoms with Gasteiger partial charge in [0.15, 0.2) is 0 Å². The number of hydrogen-bond donors (Lipinski definition) is 0. The van der Waals surface area contributed by atoms with Gasteiger partial charge in [-0.25, -0.2) is 8.42 Å². The van der Waals surface area contributed by atoms with Crippen LogP contribution < -0.4 is 0 Å². The fourth-order valence-electron chi connectivity index (χ4n) is 0.438. The Hall–Kier alpha value is 0.0400. The fourth-order valence-corrected chi connectivity index (χ4v) is 2.94. The quantitative estimate of drug-likeness (QED) is 0.620. The van der Waals surface area contributed by atoms with Crippen molar-refractivity contribution in [2.45, 2.75) is 20.3 Å². The van der Waals surface area contributed by atoms with E-state index < -0.39 is 8.87 Å². The van der Waals surface area contributed by atoms with E-state index in [1.807, 2.05) is 6.92 Å². The van der Waals surface area contributed by atoms with Crippen LogP contribution in [-0.2, 0) is 8.87 Å². The van der Waals surface area contributed by atoms with Crippen LogP contribution in [0.2, 0.25) is 0 Å². The summed E-state index contributed by atoms with van der Waals surface area (Å²) in [7, 11) is -1.97. The van der Waals surface area contributed by atoms with Crippen molar-refractivity contribution in [2.75, 3.05) is 5.75 Å². The molecule has 0 N–H and O–H groups in total. The highest BCUT2D eigenvalue weighted by Gasteiger charge is 2.05. The lowest BCUT2D eigenvalue weighted by Crippen LogP contribution is -1.97. The fraction of sp³-hybridized carbons (Fsp3) is 0.667. The van der Waals surface area contributed by atoms with Crippen LogP contribution in [0.1, 0.15) is 20.3 Å². The Labute approximate surface area is 66.0 Å². The Bertz CT molecular complexity index is 192. The molecular formula is C6H12O2S2. The summed E-state index contributed by atoms with van der Waals surface area (Å²) in [5, 5.41) is 1.59. The largest absolute Gasteiger partial charge is 0.217 e. The van der Waals surface area contributed by atoms with E-state index in [0.29, 0.717) is 6.42 Å². The van der Waals surface area contributed by atoms with Gasteiger partial charge in [-0.2, -0.15) is 0 Å². The number of allylic oxidation sites excluding steroid dienone is 1. The molecule has 0 radical (unpaired) electrons. The summed E-state index contributed by atoms with van der Waals surface area (Å²) in [5.41, 5.74) is 0. The van der Waals surface area contributed by atoms with Crippen molar-refractivity contribution in [3.63, 3.8) is 0 Å². The smallest absolute Gasteiger partial charge is 0.205 e. The molecule has 0 atom stereocenters. The summed E-state index contributed by atoms with van der Waals surface area (Å²) in [6.07, 6.45) is 2.41. The SMILES string of the molecule is C/C=C/SS(=O)(=O)CCC. The highest BCUT2D eigenvalue weighted by molar-refractivity contribution is 8.73. The minimum absolute atomic E-state index is 0.266. The first kappa shape index (κ1) is 10.0. The Morgan fingerprint density at radius 1 is 1.50 bits per heavy atom. The van der Waals surface area contributed by atoms with Crippen LogP contribution >= 0.6 is 10.8 Å². The normalized spacial score (nSPS) is 12.6. The Balaban J connectivity index is 3.89. The first-order valence-corrected chi connectivity index (χ1v) is 6.19. The molecular weight excluding hydrogens is 168 g/mol. The van der Waals surface area contributed by atoms with E-state index in [1.54, 1.807) is 18.4 Å². The first-order chi connectivity index (χ1) is 4.62. The second-order valence-corrected chi connectivity index (χ2v) is 5.92. The lowest BCUT2D eigenvalue weighted by atomic mass is 10.6. The van der Waals surface area contributed by atoms with Crippen molar-refractivity contribution >= 4 is 19.7 Å². The van der Waals surface area contributed by atoms with Crippen LogP contribution in [0, 0.1) is 0 Å². The predicted octanol–water partition coefficient (Wildman–Crippen LogP) is 1.99. The van der Waals surface area contributed by atoms with Crippen LogP contribution in [0.4, 0.5) is 0 Å². The molecule has 0 saturated carbocycles. The molecule has 10 heavy (non-hydrogen) atoms. The van der Waals surface area contributed by atoms with Crippen molar-refractivity contribution < 1.29 is 8.42 Å². The molecule has 4 heteroatoms. The average molecular weight is 180 g/mol. The molecule has 0 bridgehead atoms. The van der Waals surface area contributed by atoms with Crippen LogP contribution in [0.3, 0.4) is 0 Å². The summed E-state index contributed by atoms with van der Waals surface area (Å²) in [6.45, 7) is 3.65. The molecule has 0 aromatic rings. The third-order valence-corrected chi connectivity index (χ3v) is 4.09. The van der Waals surface area contributed by atoms with Crippen LogP contribution in [-0.4, -0.2) is 14.2 Å². The van der Waals surface area contributed by atoms with Gasteiger partial charge >= 0.3 is 0 Å². The molecule has 0 aromatic heterocycles. The Morgan fingerprint density at radius 2 is 2.10 bits per heavy atom. The average Bonchev–Trinajstić information content (AvgIpc) is 1.84. The predicted molar refractivity (Wildman–Crippen MR) is 46.5 cm³/mol. The van der Waals surface area contributed by atoms with Crippen LogP contribution in [0.15, 0.2) is 11.5 Å². The topological polar surface area (TPSA) is 34.1 Å². The molecule has 0 saturated heterocycles. The molecule has 0 aliphatic heterocycles. The zero-order valence-corrected chi connectivity index (χ0v) is 7.83. The van der Waals surface area contributed by atoms with Crippen molar-refractivity contribution in [3.05, 3.63) is 11.5 Å². The van der Waals surface area contributed by atoms with E-state index in [0.717, 1.165) is 10.8 Å². The van der Waals surface area contributed by atoms with E-state index in [9.17, 15) is 8.42 Å². The second-order valence-electron chi connectivity index (χ2n) is 1.83. The molecule has 0 aliphatic rings. The van der Waals surface area contributed by atoms with E-state index in [4.69, 9.17) is 0 Å². The molecule has 0 unspecified atom stereocenters. The van der Waals surface area contributed by atoms with Gasteiger partial charge in [-0.15, -0.1) is 0 Å². The maximum atomic E-state index is 10.9. The molecule has 0 aliphatic carbocycles. The molecule has 0 heterocycles. The minimum Gasteiger partial charge on any atom is -0.217 e. The summed E-state index contributed by atoms with van der Waals surface area (Å²) in [4.78, 5) is 0. The third-order valence-electron chi connectivity index (χ3n) is 0.792. The number of rotatable bonds is 4. The summed E-state index contributed by atoms with van der Waals surface area (Å²) in [5.74, 6) is 0.266. The van der Waals surface area contributed by atoms with Crippen LogP contribution in [0.5, 0.6) is 0 Å². The Morgan fingerprint density at radius 3 is 2.50 bits per heavy atom. The van der Waals surface area contributed by atoms with Crippen molar-refractivity contribution in [3.8, 4) is 0 Å². The van der Waals surface area contributed by atoms with Gasteiger partial charge in [-0.1, -0.05) is 13.0 Å². The van der Waals surface area contributed by atoms with E-state index in [-0.39, 0.29) is 5.75 Å². The van der Waals surface area contributed by atoms with Gasteiger partial charge in [0.1, 0.15) is 0 Å². The first-order valence-electron chi connectivity index (χ1n) is 3.14. The highest BCUT2D eigenvalue weighted by atomic mass is 33.1. The maximum absolute atomic E-state index is 10.9. The van der Waals surface area contributed by atoms with Crippen molar-refractivity contribution in [2.24, 2.45) is 0 Å². The molecule has 0 rings (SSSR count). The number of hydrogen-bond acceptors (Lipinski definition) is 3. The van der Waals surface area contributed by atoms with E-state index in [2.05, 4.69) is 0 Å². The monoisotopic (exact) mass is 180 g/mol. The van der Waals surface area contributed by atoms with Gasteiger partial charge in [0.2, 0.25) is 8.87 Å². The van der Waals surface area contributed by atoms with E-state index in [1.165, 1.54) is 0 Å². The lowest BCUT2D eigenvalue weighted by molar-refractivity contribution is 0.609. The third kappa shape index (κ3) is 4.88. The minimum atomic E-state index is -2.86. The standard InChI is InChI=1S/C6H12O2S2/c1-3-5-9-10(7,8)6-4-2/h3,5H,4,6H2,1-2H3/b5-3+. The highest BCUT2D eigenvalue weighted by Crippen LogP contribution is 2.14. The van der Waals surface area contributed by atoms with Crippen LogP contribution in [0.25, 0.3) is 0 Å². The van der Waals surface area contributed by atoms with Crippen molar-refractivity contribution in [1.29, 1.82) is 0 Å². The molecule has 2 nitrogen and oxygen atoms in total. The second kappa shape index (κ2) is 4.79. The molecule has 0 amide bonds. The zero-order chi connectivity index (χ0) is 8.04.